The molecule has 1 atom stereocenters. The Hall–Kier alpha value is -1.20. The first kappa shape index (κ1) is 9.36. The van der Waals surface area contributed by atoms with Crippen molar-refractivity contribution in [2.45, 2.75) is 19.5 Å². The van der Waals surface area contributed by atoms with Crippen LogP contribution in [0.2, 0.25) is 0 Å². The molecule has 2 aromatic rings. The maximum atomic E-state index is 6.02. The van der Waals surface area contributed by atoms with Gasteiger partial charge in [-0.05, 0) is 6.92 Å². The predicted octanol–water partition coefficient (Wildman–Crippen LogP) is 1.41. The smallest absolute Gasteiger partial charge is 0.0795 e. The van der Waals surface area contributed by atoms with Crippen molar-refractivity contribution < 1.29 is 0 Å². The van der Waals surface area contributed by atoms with Crippen molar-refractivity contribution in [2.24, 2.45) is 5.73 Å². The zero-order chi connectivity index (χ0) is 9.97. The SMILES string of the molecule is CCn1cc(C(N)c2cscn2)cn1. The summed E-state index contributed by atoms with van der Waals surface area (Å²) in [4.78, 5) is 4.18. The van der Waals surface area contributed by atoms with Crippen LogP contribution >= 0.6 is 11.3 Å². The van der Waals surface area contributed by atoms with Gasteiger partial charge in [0.2, 0.25) is 0 Å². The molecule has 2 rings (SSSR count). The highest BCUT2D eigenvalue weighted by Gasteiger charge is 2.12. The summed E-state index contributed by atoms with van der Waals surface area (Å²) in [5.74, 6) is 0. The van der Waals surface area contributed by atoms with Gasteiger partial charge in [-0.15, -0.1) is 11.3 Å². The van der Waals surface area contributed by atoms with E-state index in [-0.39, 0.29) is 6.04 Å². The van der Waals surface area contributed by atoms with E-state index >= 15 is 0 Å². The van der Waals surface area contributed by atoms with Gasteiger partial charge in [0, 0.05) is 23.7 Å². The third-order valence-electron chi connectivity index (χ3n) is 2.11. The van der Waals surface area contributed by atoms with Crippen molar-refractivity contribution >= 4 is 11.3 Å². The molecule has 0 aromatic carbocycles. The van der Waals surface area contributed by atoms with Gasteiger partial charge >= 0.3 is 0 Å². The molecular weight excluding hydrogens is 196 g/mol. The molecule has 2 heterocycles. The van der Waals surface area contributed by atoms with Gasteiger partial charge in [-0.1, -0.05) is 0 Å². The molecule has 0 amide bonds. The molecule has 0 fully saturated rings. The highest BCUT2D eigenvalue weighted by molar-refractivity contribution is 7.07. The molecule has 0 saturated carbocycles. The van der Waals surface area contributed by atoms with Crippen LogP contribution in [-0.2, 0) is 6.54 Å². The molecule has 4 nitrogen and oxygen atoms in total. The maximum Gasteiger partial charge on any atom is 0.0795 e. The van der Waals surface area contributed by atoms with E-state index in [1.807, 2.05) is 23.2 Å². The maximum absolute atomic E-state index is 6.02. The van der Waals surface area contributed by atoms with Crippen molar-refractivity contribution in [1.29, 1.82) is 0 Å². The number of hydrogen-bond acceptors (Lipinski definition) is 4. The van der Waals surface area contributed by atoms with Gasteiger partial charge in [-0.3, -0.25) is 4.68 Å². The molecule has 14 heavy (non-hydrogen) atoms. The number of aromatic nitrogens is 3. The van der Waals surface area contributed by atoms with E-state index < -0.39 is 0 Å². The van der Waals surface area contributed by atoms with Crippen molar-refractivity contribution in [3.63, 3.8) is 0 Å². The molecule has 0 saturated heterocycles. The van der Waals surface area contributed by atoms with Crippen LogP contribution in [0.3, 0.4) is 0 Å². The van der Waals surface area contributed by atoms with Crippen molar-refractivity contribution in [3.8, 4) is 0 Å². The lowest BCUT2D eigenvalue weighted by Gasteiger charge is -2.04. The quantitative estimate of drug-likeness (QED) is 0.829. The number of nitrogens with zero attached hydrogens (tertiary/aromatic N) is 3. The van der Waals surface area contributed by atoms with Gasteiger partial charge in [0.1, 0.15) is 0 Å². The van der Waals surface area contributed by atoms with Gasteiger partial charge in [0.15, 0.2) is 0 Å². The van der Waals surface area contributed by atoms with Crippen LogP contribution in [0.4, 0.5) is 0 Å². The molecule has 1 unspecified atom stereocenters. The Balaban J connectivity index is 2.23. The summed E-state index contributed by atoms with van der Waals surface area (Å²) < 4.78 is 1.86. The standard InChI is InChI=1S/C9H12N4S/c1-2-13-4-7(3-12-13)9(10)8-5-14-6-11-8/h3-6,9H,2,10H2,1H3. The zero-order valence-corrected chi connectivity index (χ0v) is 8.74. The lowest BCUT2D eigenvalue weighted by molar-refractivity contribution is 0.658. The van der Waals surface area contributed by atoms with Gasteiger partial charge in [-0.25, -0.2) is 4.98 Å². The van der Waals surface area contributed by atoms with E-state index in [0.29, 0.717) is 0 Å². The lowest BCUT2D eigenvalue weighted by Crippen LogP contribution is -2.11. The third kappa shape index (κ3) is 1.69. The second-order valence-corrected chi connectivity index (χ2v) is 3.74. The Morgan fingerprint density at radius 3 is 3.07 bits per heavy atom. The Labute approximate surface area is 86.4 Å². The Morgan fingerprint density at radius 2 is 2.50 bits per heavy atom. The van der Waals surface area contributed by atoms with E-state index in [2.05, 4.69) is 10.1 Å². The minimum absolute atomic E-state index is 0.151. The Morgan fingerprint density at radius 1 is 1.64 bits per heavy atom. The van der Waals surface area contributed by atoms with Gasteiger partial charge < -0.3 is 5.73 Å². The molecule has 0 spiro atoms. The average Bonchev–Trinajstić information content (AvgIpc) is 2.88. The zero-order valence-electron chi connectivity index (χ0n) is 7.92. The van der Waals surface area contributed by atoms with Crippen molar-refractivity contribution in [2.75, 3.05) is 0 Å². The van der Waals surface area contributed by atoms with E-state index in [0.717, 1.165) is 17.8 Å². The number of rotatable bonds is 3. The van der Waals surface area contributed by atoms with E-state index in [1.54, 1.807) is 23.0 Å². The summed E-state index contributed by atoms with van der Waals surface area (Å²) >= 11 is 1.56. The molecule has 74 valence electrons. The molecule has 5 heteroatoms. The predicted molar refractivity (Wildman–Crippen MR) is 56.0 cm³/mol. The first-order valence-electron chi connectivity index (χ1n) is 4.47. The van der Waals surface area contributed by atoms with Gasteiger partial charge in [0.05, 0.1) is 23.4 Å². The minimum atomic E-state index is -0.151. The van der Waals surface area contributed by atoms with Crippen LogP contribution in [0.5, 0.6) is 0 Å². The van der Waals surface area contributed by atoms with Crippen LogP contribution in [0.15, 0.2) is 23.3 Å². The monoisotopic (exact) mass is 208 g/mol. The second kappa shape index (κ2) is 3.89. The summed E-state index contributed by atoms with van der Waals surface area (Å²) in [6, 6.07) is -0.151. The highest BCUT2D eigenvalue weighted by Crippen LogP contribution is 2.18. The Kier molecular flexibility index (Phi) is 2.60. The highest BCUT2D eigenvalue weighted by atomic mass is 32.1. The second-order valence-electron chi connectivity index (χ2n) is 3.02. The first-order valence-corrected chi connectivity index (χ1v) is 5.41. The average molecular weight is 208 g/mol. The van der Waals surface area contributed by atoms with Crippen molar-refractivity contribution in [1.82, 2.24) is 14.8 Å². The molecule has 0 aliphatic heterocycles. The molecule has 0 aliphatic carbocycles. The summed E-state index contributed by atoms with van der Waals surface area (Å²) in [6.45, 7) is 2.91. The van der Waals surface area contributed by atoms with Gasteiger partial charge in [0.25, 0.3) is 0 Å². The van der Waals surface area contributed by atoms with Crippen LogP contribution in [0.25, 0.3) is 0 Å². The number of thiazole rings is 1. The van der Waals surface area contributed by atoms with Crippen molar-refractivity contribution in [3.05, 3.63) is 34.5 Å². The molecular formula is C9H12N4S. The fraction of sp³-hybridized carbons (Fsp3) is 0.333. The Bertz CT molecular complexity index is 393. The fourth-order valence-electron chi connectivity index (χ4n) is 1.26. The fourth-order valence-corrected chi connectivity index (χ4v) is 1.85. The lowest BCUT2D eigenvalue weighted by atomic mass is 10.1. The van der Waals surface area contributed by atoms with Crippen LogP contribution in [0.1, 0.15) is 24.2 Å². The van der Waals surface area contributed by atoms with Gasteiger partial charge in [-0.2, -0.15) is 5.10 Å². The topological polar surface area (TPSA) is 56.7 Å². The normalized spacial score (nSPS) is 13.0. The molecule has 0 radical (unpaired) electrons. The first-order chi connectivity index (χ1) is 6.81. The number of nitrogens with two attached hydrogens (primary N) is 1. The minimum Gasteiger partial charge on any atom is -0.319 e. The summed E-state index contributed by atoms with van der Waals surface area (Å²) in [6.07, 6.45) is 3.76. The summed E-state index contributed by atoms with van der Waals surface area (Å²) in [5, 5.41) is 6.14. The molecule has 0 bridgehead atoms. The van der Waals surface area contributed by atoms with Crippen LogP contribution < -0.4 is 5.73 Å². The summed E-state index contributed by atoms with van der Waals surface area (Å²) in [7, 11) is 0. The van der Waals surface area contributed by atoms with Crippen LogP contribution in [0, 0.1) is 0 Å². The summed E-state index contributed by atoms with van der Waals surface area (Å²) in [5.41, 5.74) is 9.73. The molecule has 0 aliphatic rings. The van der Waals surface area contributed by atoms with E-state index in [9.17, 15) is 0 Å². The third-order valence-corrected chi connectivity index (χ3v) is 2.71. The van der Waals surface area contributed by atoms with E-state index in [4.69, 9.17) is 5.73 Å². The number of aryl methyl sites for hydroxylation is 1. The largest absolute Gasteiger partial charge is 0.319 e. The number of hydrogen-bond donors (Lipinski definition) is 1. The molecule has 2 N–H and O–H groups in total. The molecule has 2 aromatic heterocycles. The van der Waals surface area contributed by atoms with Crippen LogP contribution in [-0.4, -0.2) is 14.8 Å². The van der Waals surface area contributed by atoms with E-state index in [1.165, 1.54) is 0 Å².